The topological polar surface area (TPSA) is 119 Å². The molecule has 0 aliphatic carbocycles. The summed E-state index contributed by atoms with van der Waals surface area (Å²) in [5.41, 5.74) is 3.15. The third-order valence-electron chi connectivity index (χ3n) is 9.26. The van der Waals surface area contributed by atoms with E-state index >= 15 is 0 Å². The number of hydrogen-bond donors (Lipinski definition) is 2. The van der Waals surface area contributed by atoms with Crippen LogP contribution in [0.3, 0.4) is 0 Å². The minimum absolute atomic E-state index is 0.0793. The van der Waals surface area contributed by atoms with Crippen LogP contribution in [0.25, 0.3) is 0 Å². The summed E-state index contributed by atoms with van der Waals surface area (Å²) in [5.74, 6) is 0.454. The van der Waals surface area contributed by atoms with E-state index in [1.165, 1.54) is 42.8 Å². The predicted molar refractivity (Wildman–Crippen MR) is 225 cm³/mol. The van der Waals surface area contributed by atoms with Crippen LogP contribution in [0.2, 0.25) is 0 Å². The van der Waals surface area contributed by atoms with Crippen LogP contribution in [0.4, 0.5) is 0 Å². The second kappa shape index (κ2) is 26.5. The van der Waals surface area contributed by atoms with Crippen LogP contribution in [-0.2, 0) is 19.2 Å². The molecule has 2 fully saturated rings. The highest BCUT2D eigenvalue weighted by atomic mass is 16.2. The quantitative estimate of drug-likeness (QED) is 0.136. The molecule has 2 aromatic rings. The fourth-order valence-electron chi connectivity index (χ4n) is 6.20. The largest absolute Gasteiger partial charge is 0.355 e. The molecule has 10 nitrogen and oxygen atoms in total. The smallest absolute Gasteiger partial charge is 0.249 e. The van der Waals surface area contributed by atoms with Crippen LogP contribution < -0.4 is 10.6 Å². The maximum atomic E-state index is 12.9. The van der Waals surface area contributed by atoms with Crippen LogP contribution in [0.5, 0.6) is 0 Å². The molecule has 2 N–H and O–H groups in total. The number of rotatable bonds is 12. The summed E-state index contributed by atoms with van der Waals surface area (Å²) in [5, 5.41) is 5.14. The molecular weight excluding hydrogens is 691 g/mol. The number of benzene rings is 2. The molecule has 2 heterocycles. The van der Waals surface area contributed by atoms with Crippen molar-refractivity contribution in [1.82, 2.24) is 25.3 Å². The molecule has 0 saturated carbocycles. The monoisotopic (exact) mass is 762 g/mol. The summed E-state index contributed by atoms with van der Waals surface area (Å²) in [6.07, 6.45) is 7.99. The van der Waals surface area contributed by atoms with Crippen LogP contribution >= 0.6 is 0 Å². The Kier molecular flexibility index (Phi) is 23.5. The minimum atomic E-state index is -0.436. The van der Waals surface area contributed by atoms with Gasteiger partial charge in [-0.2, -0.15) is 0 Å². The van der Waals surface area contributed by atoms with Gasteiger partial charge in [-0.25, -0.2) is 0 Å². The van der Waals surface area contributed by atoms with Crippen molar-refractivity contribution >= 4 is 29.9 Å². The van der Waals surface area contributed by atoms with E-state index in [-0.39, 0.29) is 42.0 Å². The number of hydrogen-bond acceptors (Lipinski definition) is 6. The second-order valence-corrected chi connectivity index (χ2v) is 15.6. The van der Waals surface area contributed by atoms with Crippen molar-refractivity contribution < 1.29 is 24.0 Å². The maximum Gasteiger partial charge on any atom is 0.249 e. The third-order valence-corrected chi connectivity index (χ3v) is 9.26. The summed E-state index contributed by atoms with van der Waals surface area (Å²) in [4.78, 5) is 65.4. The zero-order valence-corrected chi connectivity index (χ0v) is 35.7. The molecule has 0 spiro atoms. The van der Waals surface area contributed by atoms with Gasteiger partial charge in [0.25, 0.3) is 0 Å². The maximum absolute atomic E-state index is 12.9. The van der Waals surface area contributed by atoms with Gasteiger partial charge in [0.15, 0.2) is 5.78 Å². The van der Waals surface area contributed by atoms with E-state index in [0.717, 1.165) is 29.5 Å². The van der Waals surface area contributed by atoms with Crippen LogP contribution in [0, 0.1) is 18.8 Å². The number of carbonyl (C=O) groups is 5. The molecule has 2 atom stereocenters. The number of likely N-dealkylation sites (tertiary alicyclic amines) is 2. The van der Waals surface area contributed by atoms with E-state index in [9.17, 15) is 24.0 Å². The first-order chi connectivity index (χ1) is 26.0. The molecule has 0 unspecified atom stereocenters. The Bertz CT molecular complexity index is 1460. The summed E-state index contributed by atoms with van der Waals surface area (Å²) in [7, 11) is 1.65. The molecule has 4 rings (SSSR count). The van der Waals surface area contributed by atoms with E-state index in [0.29, 0.717) is 31.5 Å². The molecule has 0 bridgehead atoms. The number of nitrogens with one attached hydrogen (secondary N) is 2. The van der Waals surface area contributed by atoms with Gasteiger partial charge >= 0.3 is 0 Å². The second-order valence-electron chi connectivity index (χ2n) is 15.6. The van der Waals surface area contributed by atoms with E-state index in [1.807, 2.05) is 82.3 Å². The zero-order chi connectivity index (χ0) is 41.5. The summed E-state index contributed by atoms with van der Waals surface area (Å²) < 4.78 is 0. The number of amides is 4. The fraction of sp³-hybridized carbons (Fsp3) is 0.578. The lowest BCUT2D eigenvalue weighted by molar-refractivity contribution is -0.135. The van der Waals surface area contributed by atoms with E-state index < -0.39 is 6.04 Å². The van der Waals surface area contributed by atoms with Gasteiger partial charge in [-0.15, -0.1) is 0 Å². The molecule has 0 aromatic heterocycles. The van der Waals surface area contributed by atoms with Crippen molar-refractivity contribution in [3.05, 3.63) is 82.9 Å². The molecule has 2 aliphatic heterocycles. The van der Waals surface area contributed by atoms with Gasteiger partial charge in [0.1, 0.15) is 6.04 Å². The van der Waals surface area contributed by atoms with Crippen LogP contribution in [0.15, 0.2) is 66.2 Å². The van der Waals surface area contributed by atoms with Gasteiger partial charge in [0, 0.05) is 42.9 Å². The van der Waals surface area contributed by atoms with Crippen LogP contribution in [0.1, 0.15) is 116 Å². The van der Waals surface area contributed by atoms with Gasteiger partial charge in [-0.3, -0.25) is 24.0 Å². The molecule has 10 heteroatoms. The summed E-state index contributed by atoms with van der Waals surface area (Å²) in [6.45, 7) is 24.2. The highest BCUT2D eigenvalue weighted by Gasteiger charge is 2.34. The standard InChI is InChI=1S/C19H32N4O4.C14H12O.C8H17N.C4H10/c1-6-21-18(26)15-8-7-9-23(15)19(27)14(4)10-16(13(2)3)22(5)17(25)11-20-12-24;1-11-7-9-13(10-8-11)14(15)12-5-3-2-4-6-12;1-8(2)9-6-4-3-5-7-9;1-4(2)3/h10,12-13,15-16H,6-9,11H2,1-5H3,(H,20,24)(H,21,26);2-10H,1H3;8H,3-7H2,1-2H3;4H,1-3H3/b14-10+;;;/t15-,16+;;;/m0.../s1. The number of likely N-dealkylation sites (N-methyl/N-ethyl adjacent to an activating group) is 2. The normalized spacial score (nSPS) is 16.1. The third kappa shape index (κ3) is 18.3. The van der Waals surface area contributed by atoms with Crippen molar-refractivity contribution in [2.24, 2.45) is 11.8 Å². The van der Waals surface area contributed by atoms with E-state index in [2.05, 4.69) is 50.2 Å². The Morgan fingerprint density at radius 1 is 0.836 bits per heavy atom. The molecular formula is C45H71N5O5. The fourth-order valence-corrected chi connectivity index (χ4v) is 6.20. The molecule has 55 heavy (non-hydrogen) atoms. The number of carbonyl (C=O) groups excluding carboxylic acids is 5. The van der Waals surface area contributed by atoms with Crippen molar-refractivity contribution in [1.29, 1.82) is 0 Å². The molecule has 0 radical (unpaired) electrons. The number of piperidine rings is 1. The highest BCUT2D eigenvalue weighted by Crippen LogP contribution is 2.22. The van der Waals surface area contributed by atoms with E-state index in [1.54, 1.807) is 24.9 Å². The van der Waals surface area contributed by atoms with Crippen molar-refractivity contribution in [2.75, 3.05) is 39.8 Å². The first-order valence-electron chi connectivity index (χ1n) is 20.2. The van der Waals surface area contributed by atoms with Gasteiger partial charge in [-0.05, 0) is 85.2 Å². The van der Waals surface area contributed by atoms with Gasteiger partial charge in [-0.1, -0.05) is 107 Å². The first kappa shape index (κ1) is 48.7. The average molecular weight is 762 g/mol. The lowest BCUT2D eigenvalue weighted by Crippen LogP contribution is -2.47. The van der Waals surface area contributed by atoms with E-state index in [4.69, 9.17) is 0 Å². The molecule has 2 aliphatic rings. The Morgan fingerprint density at radius 2 is 1.40 bits per heavy atom. The Hall–Kier alpha value is -4.31. The molecule has 306 valence electrons. The lowest BCUT2D eigenvalue weighted by Gasteiger charge is -2.30. The number of nitrogens with zero attached hydrogens (tertiary/aromatic N) is 3. The van der Waals surface area contributed by atoms with Gasteiger partial charge in [0.05, 0.1) is 12.6 Å². The highest BCUT2D eigenvalue weighted by molar-refractivity contribution is 6.08. The van der Waals surface area contributed by atoms with Crippen LogP contribution in [-0.4, -0.2) is 103 Å². The van der Waals surface area contributed by atoms with Gasteiger partial charge in [0.2, 0.25) is 24.1 Å². The number of aryl methyl sites for hydroxylation is 1. The van der Waals surface area contributed by atoms with Gasteiger partial charge < -0.3 is 25.3 Å². The first-order valence-corrected chi connectivity index (χ1v) is 20.2. The zero-order valence-electron chi connectivity index (χ0n) is 35.7. The summed E-state index contributed by atoms with van der Waals surface area (Å²) in [6, 6.07) is 17.0. The molecule has 4 amide bonds. The summed E-state index contributed by atoms with van der Waals surface area (Å²) >= 11 is 0. The molecule has 2 aromatic carbocycles. The SMILES string of the molecule is CC(C)C.CC(C)N1CCCCC1.CCNC(=O)[C@@H]1CCCN1C(=O)/C(C)=C/[C@H](C(C)C)N(C)C(=O)CNC=O.Cc1ccc(C(=O)c2ccccc2)cc1. The Balaban J connectivity index is 0.000000445. The minimum Gasteiger partial charge on any atom is -0.355 e. The Morgan fingerprint density at radius 3 is 1.89 bits per heavy atom. The molecule has 2 saturated heterocycles. The number of ketones is 1. The van der Waals surface area contributed by atoms with Crippen molar-refractivity contribution in [2.45, 2.75) is 119 Å². The lowest BCUT2D eigenvalue weighted by atomic mass is 9.99. The Labute approximate surface area is 332 Å². The van der Waals surface area contributed by atoms with Crippen molar-refractivity contribution in [3.8, 4) is 0 Å². The predicted octanol–water partition coefficient (Wildman–Crippen LogP) is 7.06. The van der Waals surface area contributed by atoms with Crippen molar-refractivity contribution in [3.63, 3.8) is 0 Å². The average Bonchev–Trinajstić information content (AvgIpc) is 3.67.